The zero-order valence-corrected chi connectivity index (χ0v) is 18.5. The van der Waals surface area contributed by atoms with Crippen LogP contribution in [-0.4, -0.2) is 44.6 Å². The van der Waals surface area contributed by atoms with E-state index in [0.29, 0.717) is 6.04 Å². The summed E-state index contributed by atoms with van der Waals surface area (Å²) in [6.07, 6.45) is 1.01. The number of hydrogen-bond acceptors (Lipinski definition) is 2. The molecule has 0 amide bonds. The van der Waals surface area contributed by atoms with E-state index in [4.69, 9.17) is 0 Å². The molecule has 0 saturated carbocycles. The van der Waals surface area contributed by atoms with Gasteiger partial charge in [-0.25, -0.2) is 0 Å². The van der Waals surface area contributed by atoms with Gasteiger partial charge in [0.1, 0.15) is 0 Å². The van der Waals surface area contributed by atoms with Gasteiger partial charge in [0.2, 0.25) is 0 Å². The van der Waals surface area contributed by atoms with Crippen LogP contribution in [0, 0.1) is 0 Å². The maximum absolute atomic E-state index is 4.37. The second-order valence-corrected chi connectivity index (χ2v) is 6.54. The molecule has 2 aromatic carbocycles. The molecule has 2 unspecified atom stereocenters. The van der Waals surface area contributed by atoms with Crippen LogP contribution in [0.2, 0.25) is 0 Å². The number of nitrogens with zero attached hydrogens (tertiary/aromatic N) is 2. The molecular weight excluding hydrogens is 435 g/mol. The highest BCUT2D eigenvalue weighted by Crippen LogP contribution is 2.11. The smallest absolute Gasteiger partial charge is 0.191 e. The minimum absolute atomic E-state index is 0. The van der Waals surface area contributed by atoms with E-state index in [2.05, 4.69) is 96.1 Å². The molecule has 0 fully saturated rings. The maximum Gasteiger partial charge on any atom is 0.191 e. The molecule has 0 spiro atoms. The summed E-state index contributed by atoms with van der Waals surface area (Å²) in [6.45, 7) is 2.98. The summed E-state index contributed by atoms with van der Waals surface area (Å²) in [5.74, 6) is 0.830. The van der Waals surface area contributed by atoms with Crippen molar-refractivity contribution < 1.29 is 0 Å². The first kappa shape index (κ1) is 22.4. The Kier molecular flexibility index (Phi) is 10.3. The van der Waals surface area contributed by atoms with Crippen molar-refractivity contribution >= 4 is 29.9 Å². The Labute approximate surface area is 175 Å². The van der Waals surface area contributed by atoms with Crippen LogP contribution < -0.4 is 10.6 Å². The summed E-state index contributed by atoms with van der Waals surface area (Å²) in [5, 5.41) is 6.93. The molecule has 4 nitrogen and oxygen atoms in total. The molecule has 0 aliphatic rings. The van der Waals surface area contributed by atoms with E-state index in [-0.39, 0.29) is 30.0 Å². The highest BCUT2D eigenvalue weighted by molar-refractivity contribution is 14.0. The summed E-state index contributed by atoms with van der Waals surface area (Å²) < 4.78 is 0. The zero-order valence-electron chi connectivity index (χ0n) is 16.1. The van der Waals surface area contributed by atoms with Crippen molar-refractivity contribution in [1.82, 2.24) is 15.5 Å². The lowest BCUT2D eigenvalue weighted by atomic mass is 10.1. The number of guanidine groups is 1. The van der Waals surface area contributed by atoms with Crippen molar-refractivity contribution in [2.45, 2.75) is 25.4 Å². The van der Waals surface area contributed by atoms with Crippen LogP contribution in [0.25, 0.3) is 0 Å². The predicted octanol–water partition coefficient (Wildman–Crippen LogP) is 3.70. The lowest BCUT2D eigenvalue weighted by Crippen LogP contribution is -2.46. The molecule has 0 aliphatic heterocycles. The number of likely N-dealkylation sites (N-methyl/N-ethyl adjacent to an activating group) is 1. The third-order valence-electron chi connectivity index (χ3n) is 4.43. The summed E-state index contributed by atoms with van der Waals surface area (Å²) in [6, 6.07) is 21.6. The third-order valence-corrected chi connectivity index (χ3v) is 4.43. The monoisotopic (exact) mass is 466 g/mol. The Hall–Kier alpha value is -1.60. The molecule has 5 heteroatoms. The summed E-state index contributed by atoms with van der Waals surface area (Å²) in [7, 11) is 6.06. The third kappa shape index (κ3) is 7.33. The van der Waals surface area contributed by atoms with Gasteiger partial charge in [-0.05, 0) is 38.6 Å². The molecule has 0 bridgehead atoms. The second-order valence-electron chi connectivity index (χ2n) is 6.54. The second kappa shape index (κ2) is 11.9. The number of hydrogen-bond donors (Lipinski definition) is 2. The molecule has 0 aliphatic carbocycles. The molecule has 0 aromatic heterocycles. The highest BCUT2D eigenvalue weighted by atomic mass is 127. The molecular formula is C21H31IN4. The standard InChI is InChI=1S/C21H30N4.HI/c1-17(19-13-9-6-10-14-19)24-21(22-2)23-16-20(25(3)4)15-18-11-7-5-8-12-18;/h5-14,17,20H,15-16H2,1-4H3,(H2,22,23,24);1H. The number of nitrogens with one attached hydrogen (secondary N) is 2. The van der Waals surface area contributed by atoms with Crippen molar-refractivity contribution in [3.05, 3.63) is 71.8 Å². The minimum Gasteiger partial charge on any atom is -0.355 e. The molecule has 0 radical (unpaired) electrons. The van der Waals surface area contributed by atoms with Crippen molar-refractivity contribution in [3.63, 3.8) is 0 Å². The summed E-state index contributed by atoms with van der Waals surface area (Å²) in [5.41, 5.74) is 2.60. The van der Waals surface area contributed by atoms with Crippen LogP contribution in [0.3, 0.4) is 0 Å². The molecule has 26 heavy (non-hydrogen) atoms. The van der Waals surface area contributed by atoms with Crippen molar-refractivity contribution in [3.8, 4) is 0 Å². The van der Waals surface area contributed by atoms with Crippen molar-refractivity contribution in [2.75, 3.05) is 27.7 Å². The Balaban J connectivity index is 0.00000338. The van der Waals surface area contributed by atoms with Crippen molar-refractivity contribution in [2.24, 2.45) is 4.99 Å². The van der Waals surface area contributed by atoms with Crippen LogP contribution in [0.1, 0.15) is 24.1 Å². The normalized spacial score (nSPS) is 13.7. The lowest BCUT2D eigenvalue weighted by molar-refractivity contribution is 0.290. The van der Waals surface area contributed by atoms with Crippen molar-refractivity contribution in [1.29, 1.82) is 0 Å². The fourth-order valence-electron chi connectivity index (χ4n) is 2.76. The molecule has 2 rings (SSSR count). The first-order valence-electron chi connectivity index (χ1n) is 8.82. The fraction of sp³-hybridized carbons (Fsp3) is 0.381. The molecule has 2 aromatic rings. The van der Waals surface area contributed by atoms with E-state index in [0.717, 1.165) is 18.9 Å². The Morgan fingerprint density at radius 3 is 2.12 bits per heavy atom. The first-order chi connectivity index (χ1) is 12.1. The molecule has 0 saturated heterocycles. The quantitative estimate of drug-likeness (QED) is 0.372. The largest absolute Gasteiger partial charge is 0.355 e. The molecule has 2 atom stereocenters. The van der Waals surface area contributed by atoms with E-state index in [1.54, 1.807) is 0 Å². The lowest BCUT2D eigenvalue weighted by Gasteiger charge is -2.26. The van der Waals surface area contributed by atoms with Gasteiger partial charge < -0.3 is 15.5 Å². The van der Waals surface area contributed by atoms with Gasteiger partial charge in [0, 0.05) is 19.6 Å². The van der Waals surface area contributed by atoms with Gasteiger partial charge in [0.05, 0.1) is 6.04 Å². The number of halogens is 1. The average Bonchev–Trinajstić information content (AvgIpc) is 2.65. The van der Waals surface area contributed by atoms with Crippen LogP contribution in [0.4, 0.5) is 0 Å². The predicted molar refractivity (Wildman–Crippen MR) is 122 cm³/mol. The Morgan fingerprint density at radius 1 is 1.00 bits per heavy atom. The van der Waals surface area contributed by atoms with Gasteiger partial charge in [-0.2, -0.15) is 0 Å². The Bertz CT molecular complexity index is 644. The van der Waals surface area contributed by atoms with Crippen LogP contribution >= 0.6 is 24.0 Å². The van der Waals surface area contributed by atoms with Crippen LogP contribution in [0.15, 0.2) is 65.7 Å². The first-order valence-corrected chi connectivity index (χ1v) is 8.82. The average molecular weight is 466 g/mol. The van der Waals surface area contributed by atoms with Gasteiger partial charge in [0.15, 0.2) is 5.96 Å². The van der Waals surface area contributed by atoms with Gasteiger partial charge in [-0.15, -0.1) is 24.0 Å². The SMILES string of the molecule is CN=C(NCC(Cc1ccccc1)N(C)C)NC(C)c1ccccc1.I. The maximum atomic E-state index is 4.37. The molecule has 0 heterocycles. The summed E-state index contributed by atoms with van der Waals surface area (Å²) in [4.78, 5) is 6.63. The Morgan fingerprint density at radius 2 is 1.58 bits per heavy atom. The highest BCUT2D eigenvalue weighted by Gasteiger charge is 2.14. The van der Waals surface area contributed by atoms with E-state index >= 15 is 0 Å². The van der Waals surface area contributed by atoms with Gasteiger partial charge in [-0.3, -0.25) is 4.99 Å². The van der Waals surface area contributed by atoms with Gasteiger partial charge in [-0.1, -0.05) is 60.7 Å². The van der Waals surface area contributed by atoms with E-state index in [1.165, 1.54) is 11.1 Å². The number of aliphatic imine (C=N–C) groups is 1. The minimum atomic E-state index is 0. The molecule has 142 valence electrons. The zero-order chi connectivity index (χ0) is 18.1. The molecule has 2 N–H and O–H groups in total. The fourth-order valence-corrected chi connectivity index (χ4v) is 2.76. The summed E-state index contributed by atoms with van der Waals surface area (Å²) >= 11 is 0. The van der Waals surface area contributed by atoms with Gasteiger partial charge >= 0.3 is 0 Å². The topological polar surface area (TPSA) is 39.7 Å². The van der Waals surface area contributed by atoms with Crippen LogP contribution in [0.5, 0.6) is 0 Å². The van der Waals surface area contributed by atoms with Crippen LogP contribution in [-0.2, 0) is 6.42 Å². The van der Waals surface area contributed by atoms with E-state index < -0.39 is 0 Å². The van der Waals surface area contributed by atoms with E-state index in [9.17, 15) is 0 Å². The van der Waals surface area contributed by atoms with Gasteiger partial charge in [0.25, 0.3) is 0 Å². The number of rotatable bonds is 7. The number of benzene rings is 2. The van der Waals surface area contributed by atoms with E-state index in [1.807, 2.05) is 13.1 Å².